The van der Waals surface area contributed by atoms with Crippen LogP contribution in [0.2, 0.25) is 0 Å². The van der Waals surface area contributed by atoms with Crippen molar-refractivity contribution in [2.24, 2.45) is 0 Å². The first-order chi connectivity index (χ1) is 9.26. The number of aliphatic hydroxyl groups is 3. The van der Waals surface area contributed by atoms with Crippen molar-refractivity contribution in [1.82, 2.24) is 0 Å². The summed E-state index contributed by atoms with van der Waals surface area (Å²) in [4.78, 5) is 0. The molecule has 0 aliphatic rings. The average Bonchev–Trinajstić information content (AvgIpc) is 2.49. The highest BCUT2D eigenvalue weighted by Gasteiger charge is 1.94. The van der Waals surface area contributed by atoms with Crippen LogP contribution in [0.25, 0.3) is 0 Å². The zero-order chi connectivity index (χ0) is 13.9. The molecule has 0 amide bonds. The fourth-order valence-corrected chi connectivity index (χ4v) is 1.17. The van der Waals surface area contributed by atoms with E-state index in [2.05, 4.69) is 0 Å². The van der Waals surface area contributed by atoms with Crippen LogP contribution in [0.5, 0.6) is 11.5 Å². The number of hydrogen-bond donors (Lipinski definition) is 3. The summed E-state index contributed by atoms with van der Waals surface area (Å²) >= 11 is 0. The maximum atomic E-state index is 8.17. The van der Waals surface area contributed by atoms with E-state index < -0.39 is 6.10 Å². The SMILES string of the molecule is OCC(O)CO.c1ccc(Oc2ccccc2)cc1. The normalized spacial score (nSPS) is 9.68. The van der Waals surface area contributed by atoms with Gasteiger partial charge in [-0.15, -0.1) is 0 Å². The van der Waals surface area contributed by atoms with Crippen molar-refractivity contribution in [1.29, 1.82) is 0 Å². The fraction of sp³-hybridized carbons (Fsp3) is 0.200. The molecule has 19 heavy (non-hydrogen) atoms. The molecule has 102 valence electrons. The van der Waals surface area contributed by atoms with Crippen LogP contribution < -0.4 is 4.74 Å². The lowest BCUT2D eigenvalue weighted by Crippen LogP contribution is -2.15. The van der Waals surface area contributed by atoms with E-state index in [-0.39, 0.29) is 13.2 Å². The van der Waals surface area contributed by atoms with Crippen molar-refractivity contribution in [3.63, 3.8) is 0 Å². The Balaban J connectivity index is 0.000000258. The smallest absolute Gasteiger partial charge is 0.127 e. The van der Waals surface area contributed by atoms with Crippen molar-refractivity contribution >= 4 is 0 Å². The number of hydrogen-bond acceptors (Lipinski definition) is 4. The lowest BCUT2D eigenvalue weighted by Gasteiger charge is -2.03. The van der Waals surface area contributed by atoms with Crippen LogP contribution in [0, 0.1) is 0 Å². The van der Waals surface area contributed by atoms with Crippen LogP contribution in [-0.2, 0) is 0 Å². The van der Waals surface area contributed by atoms with E-state index in [4.69, 9.17) is 20.1 Å². The van der Waals surface area contributed by atoms with Gasteiger partial charge in [-0.2, -0.15) is 0 Å². The Labute approximate surface area is 112 Å². The van der Waals surface area contributed by atoms with Crippen LogP contribution in [0.4, 0.5) is 0 Å². The molecule has 0 atom stereocenters. The molecule has 0 bridgehead atoms. The predicted octanol–water partition coefficient (Wildman–Crippen LogP) is 1.81. The number of ether oxygens (including phenoxy) is 1. The molecule has 0 spiro atoms. The molecule has 2 aromatic rings. The van der Waals surface area contributed by atoms with Crippen molar-refractivity contribution in [2.45, 2.75) is 6.10 Å². The van der Waals surface area contributed by atoms with E-state index in [9.17, 15) is 0 Å². The third kappa shape index (κ3) is 6.57. The summed E-state index contributed by atoms with van der Waals surface area (Å²) in [7, 11) is 0. The summed E-state index contributed by atoms with van der Waals surface area (Å²) in [6.45, 7) is -0.729. The van der Waals surface area contributed by atoms with Gasteiger partial charge in [-0.3, -0.25) is 0 Å². The minimum Gasteiger partial charge on any atom is -0.457 e. The standard InChI is InChI=1S/C12H10O.C3H8O3/c1-3-7-11(8-4-1)13-12-9-5-2-6-10-12;4-1-3(6)2-5/h1-10H;3-6H,1-2H2. The van der Waals surface area contributed by atoms with E-state index in [0.717, 1.165) is 11.5 Å². The van der Waals surface area contributed by atoms with Crippen LogP contribution in [0.3, 0.4) is 0 Å². The first-order valence-electron chi connectivity index (χ1n) is 5.94. The quantitative estimate of drug-likeness (QED) is 0.786. The second-order valence-electron chi connectivity index (χ2n) is 3.75. The van der Waals surface area contributed by atoms with Gasteiger partial charge in [0.15, 0.2) is 0 Å². The molecule has 2 rings (SSSR count). The number of rotatable bonds is 4. The molecule has 0 saturated carbocycles. The van der Waals surface area contributed by atoms with E-state index >= 15 is 0 Å². The lowest BCUT2D eigenvalue weighted by molar-refractivity contribution is 0.0450. The third-order valence-electron chi connectivity index (χ3n) is 2.14. The molecule has 0 fully saturated rings. The maximum absolute atomic E-state index is 8.17. The summed E-state index contributed by atoms with van der Waals surface area (Å²) in [5, 5.41) is 24.0. The second-order valence-corrected chi connectivity index (χ2v) is 3.75. The lowest BCUT2D eigenvalue weighted by atomic mass is 10.3. The molecule has 4 heteroatoms. The van der Waals surface area contributed by atoms with Crippen LogP contribution in [0.1, 0.15) is 0 Å². The molecular formula is C15H18O4. The first kappa shape index (κ1) is 15.2. The van der Waals surface area contributed by atoms with E-state index in [0.29, 0.717) is 0 Å². The summed E-state index contributed by atoms with van der Waals surface area (Å²) < 4.78 is 5.58. The van der Waals surface area contributed by atoms with Gasteiger partial charge in [0.25, 0.3) is 0 Å². The molecular weight excluding hydrogens is 244 g/mol. The molecule has 0 aromatic heterocycles. The van der Waals surface area contributed by atoms with Gasteiger partial charge < -0.3 is 20.1 Å². The topological polar surface area (TPSA) is 69.9 Å². The third-order valence-corrected chi connectivity index (χ3v) is 2.14. The van der Waals surface area contributed by atoms with Gasteiger partial charge in [-0.05, 0) is 24.3 Å². The van der Waals surface area contributed by atoms with E-state index in [1.165, 1.54) is 0 Å². The Morgan fingerprint density at radius 3 is 1.37 bits per heavy atom. The Morgan fingerprint density at radius 1 is 0.737 bits per heavy atom. The van der Waals surface area contributed by atoms with E-state index in [1.807, 2.05) is 60.7 Å². The van der Waals surface area contributed by atoms with Gasteiger partial charge in [0.1, 0.15) is 17.6 Å². The minimum atomic E-state index is -0.954. The Kier molecular flexibility index (Phi) is 7.27. The van der Waals surface area contributed by atoms with Crippen LogP contribution in [-0.4, -0.2) is 34.6 Å². The number of aliphatic hydroxyl groups excluding tert-OH is 3. The zero-order valence-electron chi connectivity index (χ0n) is 10.5. The molecule has 0 unspecified atom stereocenters. The molecule has 0 saturated heterocycles. The molecule has 0 heterocycles. The second kappa shape index (κ2) is 9.10. The zero-order valence-corrected chi connectivity index (χ0v) is 10.5. The van der Waals surface area contributed by atoms with E-state index in [1.54, 1.807) is 0 Å². The Bertz CT molecular complexity index is 389. The summed E-state index contributed by atoms with van der Waals surface area (Å²) in [6, 6.07) is 19.5. The largest absolute Gasteiger partial charge is 0.457 e. The molecule has 0 aliphatic carbocycles. The minimum absolute atomic E-state index is 0.365. The van der Waals surface area contributed by atoms with Gasteiger partial charge >= 0.3 is 0 Å². The maximum Gasteiger partial charge on any atom is 0.127 e. The van der Waals surface area contributed by atoms with Crippen molar-refractivity contribution in [2.75, 3.05) is 13.2 Å². The van der Waals surface area contributed by atoms with Crippen LogP contribution in [0.15, 0.2) is 60.7 Å². The molecule has 0 radical (unpaired) electrons. The van der Waals surface area contributed by atoms with Crippen LogP contribution >= 0.6 is 0 Å². The van der Waals surface area contributed by atoms with Gasteiger partial charge in [0.05, 0.1) is 13.2 Å². The summed E-state index contributed by atoms with van der Waals surface area (Å²) in [6.07, 6.45) is -0.954. The van der Waals surface area contributed by atoms with Crippen molar-refractivity contribution in [3.05, 3.63) is 60.7 Å². The number of para-hydroxylation sites is 2. The fourth-order valence-electron chi connectivity index (χ4n) is 1.17. The van der Waals surface area contributed by atoms with Gasteiger partial charge in [0.2, 0.25) is 0 Å². The highest BCUT2D eigenvalue weighted by atomic mass is 16.5. The highest BCUT2D eigenvalue weighted by Crippen LogP contribution is 2.19. The average molecular weight is 262 g/mol. The monoisotopic (exact) mass is 262 g/mol. The molecule has 0 aliphatic heterocycles. The molecule has 3 N–H and O–H groups in total. The van der Waals surface area contributed by atoms with Crippen molar-refractivity contribution in [3.8, 4) is 11.5 Å². The van der Waals surface area contributed by atoms with Gasteiger partial charge in [-0.25, -0.2) is 0 Å². The van der Waals surface area contributed by atoms with Crippen molar-refractivity contribution < 1.29 is 20.1 Å². The molecule has 2 aromatic carbocycles. The first-order valence-corrected chi connectivity index (χ1v) is 5.94. The Morgan fingerprint density at radius 2 is 1.11 bits per heavy atom. The highest BCUT2D eigenvalue weighted by molar-refractivity contribution is 5.30. The number of benzene rings is 2. The summed E-state index contributed by atoms with van der Waals surface area (Å²) in [5.41, 5.74) is 0. The van der Waals surface area contributed by atoms with Gasteiger partial charge in [0, 0.05) is 0 Å². The van der Waals surface area contributed by atoms with Gasteiger partial charge in [-0.1, -0.05) is 36.4 Å². The predicted molar refractivity (Wildman–Crippen MR) is 73.1 cm³/mol. The summed E-state index contributed by atoms with van der Waals surface area (Å²) in [5.74, 6) is 1.74. The Hall–Kier alpha value is -1.88. The molecule has 4 nitrogen and oxygen atoms in total.